The second-order valence-corrected chi connectivity index (χ2v) is 7.43. The van der Waals surface area contributed by atoms with E-state index in [0.717, 1.165) is 63.2 Å². The molecule has 0 aromatic heterocycles. The fraction of sp³-hybridized carbons (Fsp3) is 1.00. The van der Waals surface area contributed by atoms with E-state index in [2.05, 4.69) is 13.8 Å². The summed E-state index contributed by atoms with van der Waals surface area (Å²) < 4.78 is 0. The van der Waals surface area contributed by atoms with Crippen LogP contribution in [0.5, 0.6) is 0 Å². The largest absolute Gasteiger partial charge is 0.387 e. The first-order chi connectivity index (χ1) is 7.87. The summed E-state index contributed by atoms with van der Waals surface area (Å²) in [4.78, 5) is 0. The molecule has 0 unspecified atom stereocenters. The molecule has 0 heterocycles. The summed E-state index contributed by atoms with van der Waals surface area (Å²) in [6, 6.07) is 0. The lowest BCUT2D eigenvalue weighted by atomic mass is 9.62. The van der Waals surface area contributed by atoms with Crippen molar-refractivity contribution in [3.8, 4) is 0 Å². The molecule has 0 aromatic rings. The summed E-state index contributed by atoms with van der Waals surface area (Å²) >= 11 is 0. The van der Waals surface area contributed by atoms with Crippen LogP contribution in [-0.4, -0.2) is 21.4 Å². The van der Waals surface area contributed by atoms with Crippen molar-refractivity contribution in [2.75, 3.05) is 0 Å². The second-order valence-electron chi connectivity index (χ2n) is 7.43. The molecule has 6 fully saturated rings. The Bertz CT molecular complexity index is 275. The zero-order chi connectivity index (χ0) is 12.3. The zero-order valence-corrected chi connectivity index (χ0v) is 11.2. The Morgan fingerprint density at radius 1 is 0.706 bits per heavy atom. The maximum atomic E-state index is 10.8. The quantitative estimate of drug-likeness (QED) is 0.681. The topological polar surface area (TPSA) is 40.5 Å². The summed E-state index contributed by atoms with van der Waals surface area (Å²) in [5.41, 5.74) is -1.17. The van der Waals surface area contributed by atoms with E-state index in [9.17, 15) is 10.2 Å². The fourth-order valence-corrected chi connectivity index (χ4v) is 4.94. The number of hydrogen-bond donors (Lipinski definition) is 2. The minimum atomic E-state index is -0.783. The molecule has 2 N–H and O–H groups in total. The highest BCUT2D eigenvalue weighted by atomic mass is 16.4. The highest BCUT2D eigenvalue weighted by Crippen LogP contribution is 2.57. The normalized spacial score (nSPS) is 52.9. The molecule has 0 radical (unpaired) electrons. The molecule has 6 aliphatic rings. The molecule has 2 nitrogen and oxygen atoms in total. The molecular weight excluding hydrogens is 212 g/mol. The SMILES string of the molecule is CC1(C)C2CCC(O)(CC2)C2(O)CCC1CC2. The van der Waals surface area contributed by atoms with E-state index in [1.807, 2.05) is 0 Å². The van der Waals surface area contributed by atoms with Crippen LogP contribution >= 0.6 is 0 Å². The lowest BCUT2D eigenvalue weighted by Crippen LogP contribution is -2.56. The summed E-state index contributed by atoms with van der Waals surface area (Å²) in [6.45, 7) is 4.84. The minimum Gasteiger partial charge on any atom is -0.387 e. The van der Waals surface area contributed by atoms with Gasteiger partial charge in [-0.05, 0) is 68.6 Å². The van der Waals surface area contributed by atoms with E-state index in [-0.39, 0.29) is 0 Å². The molecule has 6 saturated carbocycles. The van der Waals surface area contributed by atoms with E-state index in [1.165, 1.54) is 0 Å². The van der Waals surface area contributed by atoms with Gasteiger partial charge in [0.05, 0.1) is 11.2 Å². The van der Waals surface area contributed by atoms with Gasteiger partial charge in [0.1, 0.15) is 0 Å². The van der Waals surface area contributed by atoms with Gasteiger partial charge in [-0.15, -0.1) is 0 Å². The van der Waals surface area contributed by atoms with Crippen LogP contribution in [0.25, 0.3) is 0 Å². The molecule has 0 atom stereocenters. The van der Waals surface area contributed by atoms with Crippen LogP contribution in [0.2, 0.25) is 0 Å². The first kappa shape index (κ1) is 12.0. The van der Waals surface area contributed by atoms with Gasteiger partial charge in [-0.3, -0.25) is 0 Å². The molecule has 6 rings (SSSR count). The molecule has 0 saturated heterocycles. The van der Waals surface area contributed by atoms with Crippen molar-refractivity contribution < 1.29 is 10.2 Å². The van der Waals surface area contributed by atoms with Crippen molar-refractivity contribution in [1.82, 2.24) is 0 Å². The Balaban J connectivity index is 2.02. The third kappa shape index (κ3) is 1.53. The van der Waals surface area contributed by atoms with E-state index < -0.39 is 11.2 Å². The third-order valence-corrected chi connectivity index (χ3v) is 6.60. The highest BCUT2D eigenvalue weighted by Gasteiger charge is 2.57. The van der Waals surface area contributed by atoms with Gasteiger partial charge in [-0.2, -0.15) is 0 Å². The first-order valence-electron chi connectivity index (χ1n) is 7.32. The maximum absolute atomic E-state index is 10.8. The van der Waals surface area contributed by atoms with Gasteiger partial charge in [-0.25, -0.2) is 0 Å². The molecule has 6 aliphatic carbocycles. The Hall–Kier alpha value is -0.0800. The number of aliphatic hydroxyl groups is 2. The lowest BCUT2D eigenvalue weighted by Gasteiger charge is -2.47. The molecular formula is C15H26O2. The Labute approximate surface area is 104 Å². The maximum Gasteiger partial charge on any atom is 0.0933 e. The van der Waals surface area contributed by atoms with Gasteiger partial charge in [0.15, 0.2) is 0 Å². The summed E-state index contributed by atoms with van der Waals surface area (Å²) in [6.07, 6.45) is 7.64. The Morgan fingerprint density at radius 2 is 1.00 bits per heavy atom. The summed E-state index contributed by atoms with van der Waals surface area (Å²) in [7, 11) is 0. The van der Waals surface area contributed by atoms with Crippen LogP contribution in [0.1, 0.15) is 65.2 Å². The van der Waals surface area contributed by atoms with Gasteiger partial charge in [-0.1, -0.05) is 13.8 Å². The lowest BCUT2D eigenvalue weighted by molar-refractivity contribution is -0.183. The van der Waals surface area contributed by atoms with Gasteiger partial charge in [0.25, 0.3) is 0 Å². The fourth-order valence-electron chi connectivity index (χ4n) is 4.94. The number of rotatable bonds is 0. The second kappa shape index (κ2) is 3.48. The Morgan fingerprint density at radius 3 is 1.29 bits per heavy atom. The van der Waals surface area contributed by atoms with Crippen molar-refractivity contribution in [2.45, 2.75) is 76.4 Å². The molecule has 0 amide bonds. The molecule has 2 heteroatoms. The smallest absolute Gasteiger partial charge is 0.0933 e. The third-order valence-electron chi connectivity index (χ3n) is 6.60. The molecule has 4 bridgehead atoms. The molecule has 0 spiro atoms. The predicted octanol–water partition coefficient (Wildman–Crippen LogP) is 2.87. The molecule has 17 heavy (non-hydrogen) atoms. The molecule has 98 valence electrons. The van der Waals surface area contributed by atoms with E-state index in [1.54, 1.807) is 0 Å². The predicted molar refractivity (Wildman–Crippen MR) is 67.6 cm³/mol. The summed E-state index contributed by atoms with van der Waals surface area (Å²) in [5, 5.41) is 21.6. The van der Waals surface area contributed by atoms with E-state index in [4.69, 9.17) is 0 Å². The van der Waals surface area contributed by atoms with Crippen molar-refractivity contribution in [1.29, 1.82) is 0 Å². The van der Waals surface area contributed by atoms with Gasteiger partial charge in [0, 0.05) is 0 Å². The average Bonchev–Trinajstić information content (AvgIpc) is 2.36. The van der Waals surface area contributed by atoms with Gasteiger partial charge in [0.2, 0.25) is 0 Å². The number of hydrogen-bond acceptors (Lipinski definition) is 2. The van der Waals surface area contributed by atoms with Crippen LogP contribution in [0.15, 0.2) is 0 Å². The molecule has 0 aromatic carbocycles. The van der Waals surface area contributed by atoms with E-state index in [0.29, 0.717) is 5.41 Å². The average molecular weight is 238 g/mol. The van der Waals surface area contributed by atoms with Gasteiger partial charge < -0.3 is 10.2 Å². The molecule has 0 aliphatic heterocycles. The zero-order valence-electron chi connectivity index (χ0n) is 11.2. The van der Waals surface area contributed by atoms with Crippen molar-refractivity contribution in [3.63, 3.8) is 0 Å². The minimum absolute atomic E-state index is 0.396. The van der Waals surface area contributed by atoms with Crippen molar-refractivity contribution in [2.24, 2.45) is 17.3 Å². The highest BCUT2D eigenvalue weighted by molar-refractivity contribution is 5.09. The van der Waals surface area contributed by atoms with Crippen LogP contribution in [0, 0.1) is 17.3 Å². The van der Waals surface area contributed by atoms with Crippen LogP contribution in [-0.2, 0) is 0 Å². The van der Waals surface area contributed by atoms with Crippen molar-refractivity contribution in [3.05, 3.63) is 0 Å². The summed E-state index contributed by atoms with van der Waals surface area (Å²) in [5.74, 6) is 1.49. The van der Waals surface area contributed by atoms with Gasteiger partial charge >= 0.3 is 0 Å². The standard InChI is InChI=1S/C15H26O2/c1-13(2)11-3-7-14(16,8-4-11)15(17)9-5-12(13)6-10-15/h11-12,16-17H,3-10H2,1-2H3. The van der Waals surface area contributed by atoms with Crippen LogP contribution in [0.4, 0.5) is 0 Å². The van der Waals surface area contributed by atoms with Crippen LogP contribution < -0.4 is 0 Å². The Kier molecular flexibility index (Phi) is 2.45. The van der Waals surface area contributed by atoms with Crippen molar-refractivity contribution >= 4 is 0 Å². The first-order valence-corrected chi connectivity index (χ1v) is 7.32. The van der Waals surface area contributed by atoms with Crippen LogP contribution in [0.3, 0.4) is 0 Å². The monoisotopic (exact) mass is 238 g/mol. The van der Waals surface area contributed by atoms with E-state index >= 15 is 0 Å².